The maximum atomic E-state index is 6.04. The van der Waals surface area contributed by atoms with Gasteiger partial charge in [0, 0.05) is 16.2 Å². The first-order chi connectivity index (χ1) is 9.63. The number of aryl methyl sites for hydroxylation is 1. The highest BCUT2D eigenvalue weighted by atomic mass is 79.9. The van der Waals surface area contributed by atoms with Crippen LogP contribution in [0.3, 0.4) is 0 Å². The first kappa shape index (κ1) is 15.0. The fraction of sp³-hybridized carbons (Fsp3) is 0.312. The number of nitrogens with two attached hydrogens (primary N) is 1. The number of hydrogen-bond acceptors (Lipinski definition) is 3. The van der Waals surface area contributed by atoms with E-state index in [-0.39, 0.29) is 6.04 Å². The summed E-state index contributed by atoms with van der Waals surface area (Å²) in [6, 6.07) is 10.4. The molecule has 2 rings (SSSR count). The van der Waals surface area contributed by atoms with Crippen molar-refractivity contribution >= 4 is 21.7 Å². The van der Waals surface area contributed by atoms with Gasteiger partial charge in [0.1, 0.15) is 5.82 Å². The molecule has 0 radical (unpaired) electrons. The van der Waals surface area contributed by atoms with Crippen molar-refractivity contribution in [2.24, 2.45) is 0 Å². The number of aromatic nitrogens is 1. The molecule has 1 atom stereocenters. The molecule has 1 unspecified atom stereocenters. The Hall–Kier alpha value is -1.39. The fourth-order valence-corrected chi connectivity index (χ4v) is 2.56. The summed E-state index contributed by atoms with van der Waals surface area (Å²) in [5.74, 6) is 0.581. The zero-order valence-corrected chi connectivity index (χ0v) is 13.4. The van der Waals surface area contributed by atoms with Gasteiger partial charge in [-0.05, 0) is 43.1 Å². The van der Waals surface area contributed by atoms with Gasteiger partial charge in [-0.15, -0.1) is 0 Å². The zero-order valence-electron chi connectivity index (χ0n) is 11.9. The molecule has 3 N–H and O–H groups in total. The van der Waals surface area contributed by atoms with E-state index < -0.39 is 0 Å². The SMILES string of the molecule is CCCNC(c1ccc(C)c(Br)c1)c1cccnc1N. The number of nitrogen functional groups attached to an aromatic ring is 1. The highest BCUT2D eigenvalue weighted by molar-refractivity contribution is 9.10. The molecular weight excluding hydrogens is 314 g/mol. The van der Waals surface area contributed by atoms with Gasteiger partial charge in [-0.3, -0.25) is 0 Å². The average Bonchev–Trinajstić information content (AvgIpc) is 2.44. The summed E-state index contributed by atoms with van der Waals surface area (Å²) in [5, 5.41) is 3.55. The van der Waals surface area contributed by atoms with Crippen LogP contribution in [0.15, 0.2) is 41.0 Å². The lowest BCUT2D eigenvalue weighted by molar-refractivity contribution is 0.598. The number of hydrogen-bond donors (Lipinski definition) is 2. The Balaban J connectivity index is 2.41. The molecule has 1 aromatic carbocycles. The van der Waals surface area contributed by atoms with Gasteiger partial charge in [0.2, 0.25) is 0 Å². The molecule has 0 saturated heterocycles. The molecule has 0 bridgehead atoms. The van der Waals surface area contributed by atoms with Gasteiger partial charge in [-0.25, -0.2) is 4.98 Å². The fourth-order valence-electron chi connectivity index (χ4n) is 2.16. The van der Waals surface area contributed by atoms with Crippen LogP contribution >= 0.6 is 15.9 Å². The van der Waals surface area contributed by atoms with E-state index in [1.54, 1.807) is 6.20 Å². The Morgan fingerprint density at radius 2 is 2.15 bits per heavy atom. The number of nitrogens with zero attached hydrogens (tertiary/aromatic N) is 1. The van der Waals surface area contributed by atoms with Gasteiger partial charge in [-0.1, -0.05) is 41.1 Å². The van der Waals surface area contributed by atoms with Crippen LogP contribution in [-0.2, 0) is 0 Å². The van der Waals surface area contributed by atoms with Crippen molar-refractivity contribution in [3.8, 4) is 0 Å². The standard InChI is InChI=1S/C16H20BrN3/c1-3-8-19-15(13-5-4-9-20-16(13)18)12-7-6-11(2)14(17)10-12/h4-7,9-10,15,19H,3,8H2,1-2H3,(H2,18,20). The normalized spacial score (nSPS) is 12.3. The number of pyridine rings is 1. The van der Waals surface area contributed by atoms with Crippen LogP contribution in [0.25, 0.3) is 0 Å². The minimum absolute atomic E-state index is 0.0700. The highest BCUT2D eigenvalue weighted by Crippen LogP contribution is 2.28. The predicted molar refractivity (Wildman–Crippen MR) is 87.7 cm³/mol. The van der Waals surface area contributed by atoms with Crippen LogP contribution in [0.4, 0.5) is 5.82 Å². The Kier molecular flexibility index (Phi) is 5.15. The lowest BCUT2D eigenvalue weighted by atomic mass is 9.98. The first-order valence-corrected chi connectivity index (χ1v) is 7.62. The number of anilines is 1. The molecule has 2 aromatic rings. The summed E-state index contributed by atoms with van der Waals surface area (Å²) in [7, 11) is 0. The molecule has 3 nitrogen and oxygen atoms in total. The third-order valence-electron chi connectivity index (χ3n) is 3.31. The summed E-state index contributed by atoms with van der Waals surface area (Å²) in [5.41, 5.74) is 9.47. The van der Waals surface area contributed by atoms with E-state index in [4.69, 9.17) is 5.73 Å². The Morgan fingerprint density at radius 3 is 2.80 bits per heavy atom. The summed E-state index contributed by atoms with van der Waals surface area (Å²) in [6.07, 6.45) is 2.80. The van der Waals surface area contributed by atoms with E-state index in [2.05, 4.69) is 58.3 Å². The summed E-state index contributed by atoms with van der Waals surface area (Å²) in [4.78, 5) is 4.20. The molecule has 0 saturated carbocycles. The van der Waals surface area contributed by atoms with Gasteiger partial charge >= 0.3 is 0 Å². The number of halogens is 1. The molecule has 0 amide bonds. The van der Waals surface area contributed by atoms with Crippen molar-refractivity contribution < 1.29 is 0 Å². The Bertz CT molecular complexity index is 584. The number of nitrogens with one attached hydrogen (secondary N) is 1. The van der Waals surface area contributed by atoms with E-state index in [9.17, 15) is 0 Å². The summed E-state index contributed by atoms with van der Waals surface area (Å²) >= 11 is 3.60. The van der Waals surface area contributed by atoms with Crippen molar-refractivity contribution in [1.82, 2.24) is 10.3 Å². The van der Waals surface area contributed by atoms with E-state index in [0.717, 1.165) is 23.0 Å². The summed E-state index contributed by atoms with van der Waals surface area (Å²) < 4.78 is 1.11. The second-order valence-electron chi connectivity index (χ2n) is 4.87. The Labute approximate surface area is 128 Å². The topological polar surface area (TPSA) is 50.9 Å². The van der Waals surface area contributed by atoms with Gasteiger partial charge < -0.3 is 11.1 Å². The van der Waals surface area contributed by atoms with Crippen molar-refractivity contribution in [2.75, 3.05) is 12.3 Å². The molecule has 1 heterocycles. The lowest BCUT2D eigenvalue weighted by Gasteiger charge is -2.21. The molecule has 0 aliphatic heterocycles. The van der Waals surface area contributed by atoms with Gasteiger partial charge in [0.05, 0.1) is 6.04 Å². The maximum Gasteiger partial charge on any atom is 0.128 e. The molecule has 4 heteroatoms. The van der Waals surface area contributed by atoms with Crippen LogP contribution in [0.1, 0.15) is 36.1 Å². The van der Waals surface area contributed by atoms with Crippen LogP contribution in [0, 0.1) is 6.92 Å². The quantitative estimate of drug-likeness (QED) is 0.874. The molecule has 0 fully saturated rings. The monoisotopic (exact) mass is 333 g/mol. The van der Waals surface area contributed by atoms with Crippen LogP contribution < -0.4 is 11.1 Å². The second-order valence-corrected chi connectivity index (χ2v) is 5.73. The van der Waals surface area contributed by atoms with Gasteiger partial charge in [-0.2, -0.15) is 0 Å². The van der Waals surface area contributed by atoms with Crippen molar-refractivity contribution in [3.63, 3.8) is 0 Å². The minimum atomic E-state index is 0.0700. The van der Waals surface area contributed by atoms with E-state index in [1.165, 1.54) is 11.1 Å². The third kappa shape index (κ3) is 3.38. The van der Waals surface area contributed by atoms with Crippen molar-refractivity contribution in [1.29, 1.82) is 0 Å². The smallest absolute Gasteiger partial charge is 0.128 e. The molecule has 0 aliphatic rings. The molecule has 0 aliphatic carbocycles. The Morgan fingerprint density at radius 1 is 1.35 bits per heavy atom. The maximum absolute atomic E-state index is 6.04. The molecule has 0 spiro atoms. The van der Waals surface area contributed by atoms with Gasteiger partial charge in [0.25, 0.3) is 0 Å². The van der Waals surface area contributed by atoms with Crippen LogP contribution in [0.5, 0.6) is 0 Å². The molecule has 20 heavy (non-hydrogen) atoms. The van der Waals surface area contributed by atoms with E-state index in [0.29, 0.717) is 5.82 Å². The van der Waals surface area contributed by atoms with Gasteiger partial charge in [0.15, 0.2) is 0 Å². The van der Waals surface area contributed by atoms with E-state index >= 15 is 0 Å². The predicted octanol–water partition coefficient (Wildman–Crippen LogP) is 3.82. The van der Waals surface area contributed by atoms with Crippen LogP contribution in [0.2, 0.25) is 0 Å². The van der Waals surface area contributed by atoms with E-state index in [1.807, 2.05) is 12.1 Å². The second kappa shape index (κ2) is 6.86. The first-order valence-electron chi connectivity index (χ1n) is 6.83. The molecule has 106 valence electrons. The minimum Gasteiger partial charge on any atom is -0.383 e. The lowest BCUT2D eigenvalue weighted by Crippen LogP contribution is -2.24. The summed E-state index contributed by atoms with van der Waals surface area (Å²) in [6.45, 7) is 5.17. The average molecular weight is 334 g/mol. The van der Waals surface area contributed by atoms with Crippen LogP contribution in [-0.4, -0.2) is 11.5 Å². The highest BCUT2D eigenvalue weighted by Gasteiger charge is 2.17. The molecular formula is C16H20BrN3. The zero-order chi connectivity index (χ0) is 14.5. The number of benzene rings is 1. The largest absolute Gasteiger partial charge is 0.383 e. The third-order valence-corrected chi connectivity index (χ3v) is 4.16. The molecule has 1 aromatic heterocycles. The van der Waals surface area contributed by atoms with Crippen molar-refractivity contribution in [2.45, 2.75) is 26.3 Å². The van der Waals surface area contributed by atoms with Crippen molar-refractivity contribution in [3.05, 3.63) is 57.7 Å². The number of rotatable bonds is 5.